The van der Waals surface area contributed by atoms with Gasteiger partial charge in [-0.05, 0) is 13.8 Å². The minimum absolute atomic E-state index is 0.157. The molecule has 0 amide bonds. The smallest absolute Gasteiger partial charge is 0.322 e. The Morgan fingerprint density at radius 3 is 2.61 bits per heavy atom. The summed E-state index contributed by atoms with van der Waals surface area (Å²) in [6, 6.07) is -0.157. The van der Waals surface area contributed by atoms with E-state index in [-0.39, 0.29) is 12.0 Å². The van der Waals surface area contributed by atoms with E-state index in [0.29, 0.717) is 0 Å². The number of esters is 1. The number of thiazole rings is 1. The fourth-order valence-corrected chi connectivity index (χ4v) is 2.96. The standard InChI is InChI=1S/C12H19N3O2S/c1-9-8-18-12(13-9)15-6-4-14(5-7-15)10(2)11(16)17-3/h8,10H,4-7H2,1-3H3. The minimum Gasteiger partial charge on any atom is -0.468 e. The molecule has 1 unspecified atom stereocenters. The average Bonchev–Trinajstić information content (AvgIpc) is 2.84. The van der Waals surface area contributed by atoms with Gasteiger partial charge in [0.1, 0.15) is 6.04 Å². The number of rotatable bonds is 3. The van der Waals surface area contributed by atoms with Crippen LogP contribution in [0.15, 0.2) is 5.38 Å². The third kappa shape index (κ3) is 2.81. The molecule has 5 nitrogen and oxygen atoms in total. The summed E-state index contributed by atoms with van der Waals surface area (Å²) in [7, 11) is 1.44. The van der Waals surface area contributed by atoms with Crippen molar-refractivity contribution >= 4 is 22.4 Å². The maximum atomic E-state index is 11.5. The quantitative estimate of drug-likeness (QED) is 0.770. The number of methoxy groups -OCH3 is 1. The van der Waals surface area contributed by atoms with E-state index in [1.165, 1.54) is 7.11 Å². The van der Waals surface area contributed by atoms with Gasteiger partial charge in [0.2, 0.25) is 0 Å². The van der Waals surface area contributed by atoms with Crippen molar-refractivity contribution in [3.63, 3.8) is 0 Å². The lowest BCUT2D eigenvalue weighted by Gasteiger charge is -2.36. The number of ether oxygens (including phenoxy) is 1. The predicted molar refractivity (Wildman–Crippen MR) is 72.1 cm³/mol. The summed E-state index contributed by atoms with van der Waals surface area (Å²) >= 11 is 1.68. The van der Waals surface area contributed by atoms with Gasteiger partial charge in [-0.1, -0.05) is 0 Å². The molecule has 18 heavy (non-hydrogen) atoms. The molecule has 1 aromatic rings. The molecule has 1 aliphatic heterocycles. The highest BCUT2D eigenvalue weighted by atomic mass is 32.1. The lowest BCUT2D eigenvalue weighted by Crippen LogP contribution is -2.52. The van der Waals surface area contributed by atoms with Gasteiger partial charge in [-0.25, -0.2) is 4.98 Å². The van der Waals surface area contributed by atoms with Crippen LogP contribution in [-0.2, 0) is 9.53 Å². The SMILES string of the molecule is COC(=O)C(C)N1CCN(c2nc(C)cs2)CC1. The van der Waals surface area contributed by atoms with E-state index in [1.54, 1.807) is 11.3 Å². The van der Waals surface area contributed by atoms with Crippen LogP contribution in [0.5, 0.6) is 0 Å². The van der Waals surface area contributed by atoms with E-state index in [9.17, 15) is 4.79 Å². The summed E-state index contributed by atoms with van der Waals surface area (Å²) in [5, 5.41) is 3.15. The summed E-state index contributed by atoms with van der Waals surface area (Å²) in [5.74, 6) is -0.159. The van der Waals surface area contributed by atoms with Crippen molar-refractivity contribution in [2.75, 3.05) is 38.2 Å². The second-order valence-electron chi connectivity index (χ2n) is 4.49. The van der Waals surface area contributed by atoms with Gasteiger partial charge in [-0.15, -0.1) is 11.3 Å². The third-order valence-corrected chi connectivity index (χ3v) is 4.30. The number of hydrogen-bond donors (Lipinski definition) is 0. The first-order valence-electron chi connectivity index (χ1n) is 6.10. The predicted octanol–water partition coefficient (Wildman–Crippen LogP) is 1.14. The maximum absolute atomic E-state index is 11.5. The molecule has 2 rings (SSSR count). The zero-order chi connectivity index (χ0) is 13.1. The van der Waals surface area contributed by atoms with Gasteiger partial charge < -0.3 is 9.64 Å². The molecule has 1 aliphatic rings. The van der Waals surface area contributed by atoms with Gasteiger partial charge in [0.05, 0.1) is 12.8 Å². The normalized spacial score (nSPS) is 18.7. The van der Waals surface area contributed by atoms with Crippen molar-refractivity contribution in [2.45, 2.75) is 19.9 Å². The van der Waals surface area contributed by atoms with Crippen molar-refractivity contribution in [2.24, 2.45) is 0 Å². The van der Waals surface area contributed by atoms with Gasteiger partial charge in [0.15, 0.2) is 5.13 Å². The lowest BCUT2D eigenvalue weighted by molar-refractivity contribution is -0.146. The van der Waals surface area contributed by atoms with Crippen LogP contribution in [0.2, 0.25) is 0 Å². The summed E-state index contributed by atoms with van der Waals surface area (Å²) in [5.41, 5.74) is 1.07. The molecule has 0 saturated carbocycles. The van der Waals surface area contributed by atoms with Crippen LogP contribution in [0.4, 0.5) is 5.13 Å². The topological polar surface area (TPSA) is 45.7 Å². The molecule has 0 spiro atoms. The highest BCUT2D eigenvalue weighted by Crippen LogP contribution is 2.21. The Morgan fingerprint density at radius 1 is 1.44 bits per heavy atom. The molecular formula is C12H19N3O2S. The highest BCUT2D eigenvalue weighted by molar-refractivity contribution is 7.13. The van der Waals surface area contributed by atoms with Crippen LogP contribution >= 0.6 is 11.3 Å². The first-order valence-corrected chi connectivity index (χ1v) is 6.98. The Balaban J connectivity index is 1.90. The Kier molecular flexibility index (Phi) is 4.19. The lowest BCUT2D eigenvalue weighted by atomic mass is 10.2. The molecule has 1 saturated heterocycles. The molecule has 0 radical (unpaired) electrons. The van der Waals surface area contributed by atoms with E-state index in [4.69, 9.17) is 4.74 Å². The largest absolute Gasteiger partial charge is 0.468 e. The second kappa shape index (κ2) is 5.67. The number of anilines is 1. The van der Waals surface area contributed by atoms with Crippen molar-refractivity contribution in [1.29, 1.82) is 0 Å². The van der Waals surface area contributed by atoms with Crippen LogP contribution in [0, 0.1) is 6.92 Å². The average molecular weight is 269 g/mol. The van der Waals surface area contributed by atoms with Crippen molar-refractivity contribution in [1.82, 2.24) is 9.88 Å². The molecule has 0 aliphatic carbocycles. The zero-order valence-corrected chi connectivity index (χ0v) is 11.9. The molecule has 1 fully saturated rings. The number of aromatic nitrogens is 1. The van der Waals surface area contributed by atoms with E-state index in [0.717, 1.165) is 37.0 Å². The van der Waals surface area contributed by atoms with E-state index in [1.807, 2.05) is 13.8 Å². The molecule has 100 valence electrons. The van der Waals surface area contributed by atoms with Crippen LogP contribution < -0.4 is 4.90 Å². The Labute approximate surface area is 111 Å². The summed E-state index contributed by atoms with van der Waals surface area (Å²) in [4.78, 5) is 20.4. The molecule has 1 atom stereocenters. The van der Waals surface area contributed by atoms with Crippen LogP contribution in [-0.4, -0.2) is 55.2 Å². The molecule has 6 heteroatoms. The van der Waals surface area contributed by atoms with E-state index >= 15 is 0 Å². The first kappa shape index (κ1) is 13.3. The number of nitrogens with zero attached hydrogens (tertiary/aromatic N) is 3. The van der Waals surface area contributed by atoms with Crippen molar-refractivity contribution in [3.8, 4) is 0 Å². The number of carbonyl (C=O) groups excluding carboxylic acids is 1. The highest BCUT2D eigenvalue weighted by Gasteiger charge is 2.26. The zero-order valence-electron chi connectivity index (χ0n) is 11.0. The first-order chi connectivity index (χ1) is 8.61. The number of aryl methyl sites for hydroxylation is 1. The van der Waals surface area contributed by atoms with Crippen LogP contribution in [0.3, 0.4) is 0 Å². The third-order valence-electron chi connectivity index (χ3n) is 3.28. The molecule has 0 N–H and O–H groups in total. The maximum Gasteiger partial charge on any atom is 0.322 e. The number of hydrogen-bond acceptors (Lipinski definition) is 6. The number of carbonyl (C=O) groups is 1. The Bertz CT molecular complexity index is 413. The van der Waals surface area contributed by atoms with Gasteiger partial charge in [-0.2, -0.15) is 0 Å². The molecule has 1 aromatic heterocycles. The minimum atomic E-state index is -0.159. The molecule has 0 bridgehead atoms. The van der Waals surface area contributed by atoms with Gasteiger partial charge in [0.25, 0.3) is 0 Å². The fraction of sp³-hybridized carbons (Fsp3) is 0.667. The summed E-state index contributed by atoms with van der Waals surface area (Å²) < 4.78 is 4.78. The monoisotopic (exact) mass is 269 g/mol. The van der Waals surface area contributed by atoms with Gasteiger partial charge >= 0.3 is 5.97 Å². The second-order valence-corrected chi connectivity index (χ2v) is 5.33. The van der Waals surface area contributed by atoms with Crippen molar-refractivity contribution in [3.05, 3.63) is 11.1 Å². The summed E-state index contributed by atoms with van der Waals surface area (Å²) in [6.07, 6.45) is 0. The van der Waals surface area contributed by atoms with Crippen molar-refractivity contribution < 1.29 is 9.53 Å². The van der Waals surface area contributed by atoms with Gasteiger partial charge in [-0.3, -0.25) is 9.69 Å². The van der Waals surface area contributed by atoms with Crippen LogP contribution in [0.1, 0.15) is 12.6 Å². The van der Waals surface area contributed by atoms with Crippen LogP contribution in [0.25, 0.3) is 0 Å². The summed E-state index contributed by atoms with van der Waals surface area (Å²) in [6.45, 7) is 7.47. The molecule has 0 aromatic carbocycles. The molecule has 2 heterocycles. The fourth-order valence-electron chi connectivity index (χ4n) is 2.11. The Hall–Kier alpha value is -1.14. The van der Waals surface area contributed by atoms with Gasteiger partial charge in [0, 0.05) is 31.6 Å². The molecular weight excluding hydrogens is 250 g/mol. The Morgan fingerprint density at radius 2 is 2.11 bits per heavy atom. The van der Waals surface area contributed by atoms with E-state index in [2.05, 4.69) is 20.2 Å². The van der Waals surface area contributed by atoms with E-state index < -0.39 is 0 Å². The number of piperazine rings is 1.